The zero-order chi connectivity index (χ0) is 15.1. The maximum absolute atomic E-state index is 3.92. The first-order chi connectivity index (χ1) is 10.7. The van der Waals surface area contributed by atoms with E-state index in [1.54, 1.807) is 0 Å². The van der Waals surface area contributed by atoms with Gasteiger partial charge in [0.1, 0.15) is 0 Å². The van der Waals surface area contributed by atoms with E-state index in [1.165, 1.54) is 44.5 Å². The van der Waals surface area contributed by atoms with Crippen molar-refractivity contribution in [2.45, 2.75) is 56.3 Å². The summed E-state index contributed by atoms with van der Waals surface area (Å²) in [5.74, 6) is 0.763. The second-order valence-electron chi connectivity index (χ2n) is 7.58. The first-order valence-corrected chi connectivity index (χ1v) is 8.97. The highest BCUT2D eigenvalue weighted by Gasteiger charge is 2.41. The van der Waals surface area contributed by atoms with Gasteiger partial charge in [-0.25, -0.2) is 0 Å². The number of likely N-dealkylation sites (tertiary alicyclic amines) is 2. The summed E-state index contributed by atoms with van der Waals surface area (Å²) in [4.78, 5) is 5.19. The second-order valence-corrected chi connectivity index (χ2v) is 7.58. The Morgan fingerprint density at radius 1 is 1.09 bits per heavy atom. The molecule has 4 atom stereocenters. The molecular weight excluding hydrogens is 270 g/mol. The van der Waals surface area contributed by atoms with Gasteiger partial charge in [-0.2, -0.15) is 0 Å². The van der Waals surface area contributed by atoms with Gasteiger partial charge in [0.25, 0.3) is 0 Å². The van der Waals surface area contributed by atoms with E-state index in [1.807, 2.05) is 0 Å². The van der Waals surface area contributed by atoms with Gasteiger partial charge in [-0.3, -0.25) is 4.90 Å². The van der Waals surface area contributed by atoms with Crippen LogP contribution in [0.15, 0.2) is 30.3 Å². The first kappa shape index (κ1) is 14.7. The number of benzene rings is 1. The summed E-state index contributed by atoms with van der Waals surface area (Å²) in [6.07, 6.45) is 3.98. The molecule has 0 amide bonds. The molecular formula is C19H29N3. The van der Waals surface area contributed by atoms with Crippen LogP contribution in [0, 0.1) is 0 Å². The van der Waals surface area contributed by atoms with Crippen molar-refractivity contribution in [3.05, 3.63) is 35.9 Å². The van der Waals surface area contributed by atoms with Crippen LogP contribution in [-0.2, 0) is 0 Å². The molecule has 0 spiro atoms. The lowest BCUT2D eigenvalue weighted by atomic mass is 9.94. The minimum Gasteiger partial charge on any atom is -0.311 e. The SMILES string of the molecule is CC1C(N2CCC(N[C@@H]3C[C@H]3c3ccccc3)CC2)CN1C. The zero-order valence-electron chi connectivity index (χ0n) is 13.9. The van der Waals surface area contributed by atoms with Crippen LogP contribution >= 0.6 is 0 Å². The van der Waals surface area contributed by atoms with E-state index in [4.69, 9.17) is 0 Å². The molecule has 2 unspecified atom stereocenters. The average Bonchev–Trinajstić information content (AvgIpc) is 3.33. The third-order valence-corrected chi connectivity index (χ3v) is 6.19. The van der Waals surface area contributed by atoms with Crippen molar-refractivity contribution in [1.29, 1.82) is 0 Å². The van der Waals surface area contributed by atoms with Gasteiger partial charge in [-0.15, -0.1) is 0 Å². The van der Waals surface area contributed by atoms with E-state index in [-0.39, 0.29) is 0 Å². The zero-order valence-corrected chi connectivity index (χ0v) is 13.9. The number of piperidine rings is 1. The van der Waals surface area contributed by atoms with E-state index < -0.39 is 0 Å². The molecule has 0 aromatic heterocycles. The number of hydrogen-bond donors (Lipinski definition) is 1. The molecule has 3 fully saturated rings. The minimum atomic E-state index is 0.729. The van der Waals surface area contributed by atoms with E-state index in [0.29, 0.717) is 0 Å². The van der Waals surface area contributed by atoms with Gasteiger partial charge >= 0.3 is 0 Å². The van der Waals surface area contributed by atoms with Gasteiger partial charge < -0.3 is 10.2 Å². The first-order valence-electron chi connectivity index (χ1n) is 8.97. The lowest BCUT2D eigenvalue weighted by Crippen LogP contribution is -2.65. The number of hydrogen-bond acceptors (Lipinski definition) is 3. The fourth-order valence-electron chi connectivity index (χ4n) is 4.34. The normalized spacial score (nSPS) is 37.0. The summed E-state index contributed by atoms with van der Waals surface area (Å²) in [7, 11) is 2.24. The molecule has 3 heteroatoms. The van der Waals surface area contributed by atoms with E-state index in [2.05, 4.69) is 59.4 Å². The second kappa shape index (κ2) is 5.95. The Bertz CT molecular complexity index is 495. The van der Waals surface area contributed by atoms with E-state index >= 15 is 0 Å². The largest absolute Gasteiger partial charge is 0.311 e. The smallest absolute Gasteiger partial charge is 0.0376 e. The number of likely N-dealkylation sites (N-methyl/N-ethyl adjacent to an activating group) is 1. The molecule has 4 rings (SSSR count). The van der Waals surface area contributed by atoms with Crippen LogP contribution in [0.25, 0.3) is 0 Å². The molecule has 0 radical (unpaired) electrons. The lowest BCUT2D eigenvalue weighted by molar-refractivity contribution is -0.0146. The summed E-state index contributed by atoms with van der Waals surface area (Å²) in [6.45, 7) is 6.19. The third kappa shape index (κ3) is 2.82. The number of rotatable bonds is 4. The highest BCUT2D eigenvalue weighted by molar-refractivity contribution is 5.27. The molecule has 3 nitrogen and oxygen atoms in total. The fourth-order valence-corrected chi connectivity index (χ4v) is 4.34. The summed E-state index contributed by atoms with van der Waals surface area (Å²) < 4.78 is 0. The molecule has 3 aliphatic rings. The van der Waals surface area contributed by atoms with Crippen LogP contribution in [0.5, 0.6) is 0 Å². The van der Waals surface area contributed by atoms with Crippen LogP contribution in [0.1, 0.15) is 37.7 Å². The molecule has 1 N–H and O–H groups in total. The van der Waals surface area contributed by atoms with Gasteiger partial charge in [0.05, 0.1) is 0 Å². The molecule has 1 aliphatic carbocycles. The van der Waals surface area contributed by atoms with Crippen LogP contribution in [-0.4, -0.2) is 60.6 Å². The standard InChI is InChI=1S/C19H29N3/c1-14-19(13-21(14)2)22-10-8-16(9-11-22)20-18-12-17(18)15-6-4-3-5-7-15/h3-7,14,16-20H,8-13H2,1-2H3/t14?,17-,18+,19?/m0/s1. The van der Waals surface area contributed by atoms with Crippen molar-refractivity contribution in [2.75, 3.05) is 26.7 Å². The van der Waals surface area contributed by atoms with Crippen LogP contribution in [0.3, 0.4) is 0 Å². The lowest BCUT2D eigenvalue weighted by Gasteiger charge is -2.51. The topological polar surface area (TPSA) is 18.5 Å². The minimum absolute atomic E-state index is 0.729. The summed E-state index contributed by atoms with van der Waals surface area (Å²) in [5, 5.41) is 3.92. The van der Waals surface area contributed by atoms with Crippen molar-refractivity contribution in [3.8, 4) is 0 Å². The summed E-state index contributed by atoms with van der Waals surface area (Å²) in [6, 6.07) is 14.0. The van der Waals surface area contributed by atoms with Gasteiger partial charge in [-0.05, 0) is 38.8 Å². The third-order valence-electron chi connectivity index (χ3n) is 6.19. The molecule has 2 saturated heterocycles. The van der Waals surface area contributed by atoms with Crippen LogP contribution in [0.4, 0.5) is 0 Å². The Labute approximate surface area is 134 Å². The average molecular weight is 299 g/mol. The summed E-state index contributed by atoms with van der Waals surface area (Å²) >= 11 is 0. The van der Waals surface area contributed by atoms with Crippen molar-refractivity contribution >= 4 is 0 Å². The summed E-state index contributed by atoms with van der Waals surface area (Å²) in [5.41, 5.74) is 1.52. The van der Waals surface area contributed by atoms with Crippen molar-refractivity contribution < 1.29 is 0 Å². The Morgan fingerprint density at radius 2 is 1.82 bits per heavy atom. The Kier molecular flexibility index (Phi) is 3.97. The van der Waals surface area contributed by atoms with E-state index in [9.17, 15) is 0 Å². The number of nitrogens with zero attached hydrogens (tertiary/aromatic N) is 2. The molecule has 0 bridgehead atoms. The predicted octanol–water partition coefficient (Wildman–Crippen LogP) is 2.30. The van der Waals surface area contributed by atoms with Crippen LogP contribution in [0.2, 0.25) is 0 Å². The van der Waals surface area contributed by atoms with Gasteiger partial charge in [0.2, 0.25) is 0 Å². The highest BCUT2D eigenvalue weighted by Crippen LogP contribution is 2.41. The van der Waals surface area contributed by atoms with Crippen molar-refractivity contribution in [2.24, 2.45) is 0 Å². The predicted molar refractivity (Wildman–Crippen MR) is 91.2 cm³/mol. The maximum atomic E-state index is 3.92. The molecule has 22 heavy (non-hydrogen) atoms. The number of nitrogens with one attached hydrogen (secondary N) is 1. The van der Waals surface area contributed by atoms with Gasteiger partial charge in [-0.1, -0.05) is 30.3 Å². The fraction of sp³-hybridized carbons (Fsp3) is 0.684. The van der Waals surface area contributed by atoms with Gasteiger partial charge in [0.15, 0.2) is 0 Å². The van der Waals surface area contributed by atoms with Crippen molar-refractivity contribution in [1.82, 2.24) is 15.1 Å². The monoisotopic (exact) mass is 299 g/mol. The van der Waals surface area contributed by atoms with Crippen LogP contribution < -0.4 is 5.32 Å². The highest BCUT2D eigenvalue weighted by atomic mass is 15.3. The molecule has 1 aromatic carbocycles. The Balaban J connectivity index is 1.22. The Morgan fingerprint density at radius 3 is 2.45 bits per heavy atom. The van der Waals surface area contributed by atoms with E-state index in [0.717, 1.165) is 30.1 Å². The van der Waals surface area contributed by atoms with Crippen molar-refractivity contribution in [3.63, 3.8) is 0 Å². The molecule has 2 aliphatic heterocycles. The molecule has 120 valence electrons. The maximum Gasteiger partial charge on any atom is 0.0376 e. The van der Waals surface area contributed by atoms with Gasteiger partial charge in [0, 0.05) is 49.7 Å². The Hall–Kier alpha value is -0.900. The molecule has 1 saturated carbocycles. The quantitative estimate of drug-likeness (QED) is 0.920. The molecule has 1 aromatic rings. The molecule has 2 heterocycles.